The van der Waals surface area contributed by atoms with Crippen molar-refractivity contribution in [3.8, 4) is 17.1 Å². The maximum atomic E-state index is 12.5. The third-order valence-corrected chi connectivity index (χ3v) is 6.27. The van der Waals surface area contributed by atoms with E-state index in [2.05, 4.69) is 30.1 Å². The van der Waals surface area contributed by atoms with Crippen LogP contribution in [0.25, 0.3) is 33.6 Å². The molecular weight excluding hydrogens is 513 g/mol. The predicted octanol–water partition coefficient (Wildman–Crippen LogP) is 4.09. The number of hydrogen-bond donors (Lipinski definition) is 2. The van der Waals surface area contributed by atoms with Gasteiger partial charge in [0.2, 0.25) is 0 Å². The third-order valence-electron chi connectivity index (χ3n) is 6.27. The number of nitrogens with one attached hydrogen (secondary N) is 2. The lowest BCUT2D eigenvalue weighted by atomic mass is 10.1. The average Bonchev–Trinajstić information content (AvgIpc) is 3.49. The van der Waals surface area contributed by atoms with E-state index in [-0.39, 0.29) is 0 Å². The average molecular weight is 532 g/mol. The Morgan fingerprint density at radius 1 is 1.00 bits per heavy atom. The molecule has 1 fully saturated rings. The second kappa shape index (κ2) is 9.35. The number of hydrogen-bond acceptors (Lipinski definition) is 6. The summed E-state index contributed by atoms with van der Waals surface area (Å²) in [5.74, 6) is 0.845. The van der Waals surface area contributed by atoms with Crippen molar-refractivity contribution in [3.63, 3.8) is 0 Å². The van der Waals surface area contributed by atoms with Crippen LogP contribution in [0.3, 0.4) is 0 Å². The van der Waals surface area contributed by atoms with Crippen molar-refractivity contribution in [2.24, 2.45) is 0 Å². The van der Waals surface area contributed by atoms with Gasteiger partial charge in [0.1, 0.15) is 0 Å². The quantitative estimate of drug-likeness (QED) is 0.354. The van der Waals surface area contributed by atoms with E-state index in [0.717, 1.165) is 47.2 Å². The number of alkyl halides is 3. The number of imidazole rings is 1. The Morgan fingerprint density at radius 3 is 2.54 bits per heavy atom. The van der Waals surface area contributed by atoms with Crippen molar-refractivity contribution in [1.29, 1.82) is 0 Å². The molecule has 0 radical (unpaired) electrons. The first-order chi connectivity index (χ1) is 18.8. The zero-order valence-electron chi connectivity index (χ0n) is 20.1. The van der Waals surface area contributed by atoms with Crippen LogP contribution in [0.4, 0.5) is 13.2 Å². The number of fused-ring (bicyclic) bond motifs is 2. The Balaban J connectivity index is 0.000000142. The molecule has 6 aromatic rings. The van der Waals surface area contributed by atoms with Crippen molar-refractivity contribution in [2.75, 3.05) is 0 Å². The van der Waals surface area contributed by atoms with E-state index in [1.807, 2.05) is 30.3 Å². The molecule has 5 aromatic heterocycles. The largest absolute Gasteiger partial charge is 0.417 e. The Kier molecular flexibility index (Phi) is 5.82. The fraction of sp³-hybridized carbons (Fsp3) is 0.154. The first-order valence-electron chi connectivity index (χ1n) is 11.9. The van der Waals surface area contributed by atoms with E-state index >= 15 is 0 Å². The Bertz CT molecular complexity index is 1910. The van der Waals surface area contributed by atoms with Crippen LogP contribution in [-0.2, 0) is 6.18 Å². The van der Waals surface area contributed by atoms with Crippen molar-refractivity contribution >= 4 is 16.6 Å². The maximum absolute atomic E-state index is 12.5. The zero-order chi connectivity index (χ0) is 27.1. The highest BCUT2D eigenvalue weighted by Crippen LogP contribution is 2.42. The maximum Gasteiger partial charge on any atom is 0.417 e. The standard InChI is InChI=1S/C13H8F3N3.C13H11N5O2/c14-13(15,16)10-5-6-12(17-8-10)19-11-4-2-1-3-9(11)7-18-19;19-12-9(6-15-13(20)16-12)10-5-8(7-1-2-7)11-14-3-4-18(11)17-10/h1-8H;3-7H,1-2H2,(H2,15,16,19,20). The number of pyridine rings is 1. The third kappa shape index (κ3) is 4.81. The van der Waals surface area contributed by atoms with E-state index in [4.69, 9.17) is 0 Å². The summed E-state index contributed by atoms with van der Waals surface area (Å²) in [6, 6.07) is 11.6. The van der Waals surface area contributed by atoms with Gasteiger partial charge in [-0.1, -0.05) is 18.2 Å². The molecule has 10 nitrogen and oxygen atoms in total. The molecule has 1 aliphatic carbocycles. The molecule has 1 aliphatic rings. The van der Waals surface area contributed by atoms with E-state index in [0.29, 0.717) is 23.0 Å². The smallest absolute Gasteiger partial charge is 0.313 e. The lowest BCUT2D eigenvalue weighted by molar-refractivity contribution is -0.137. The van der Waals surface area contributed by atoms with Gasteiger partial charge >= 0.3 is 11.9 Å². The topological polar surface area (TPSA) is 127 Å². The number of para-hydroxylation sites is 1. The molecule has 196 valence electrons. The van der Waals surface area contributed by atoms with Gasteiger partial charge in [0.25, 0.3) is 5.56 Å². The van der Waals surface area contributed by atoms with Gasteiger partial charge in [-0.15, -0.1) is 0 Å². The van der Waals surface area contributed by atoms with Gasteiger partial charge in [-0.25, -0.2) is 24.0 Å². The monoisotopic (exact) mass is 532 g/mol. The first-order valence-corrected chi connectivity index (χ1v) is 11.9. The minimum absolute atomic E-state index is 0.349. The molecule has 5 heterocycles. The molecule has 7 rings (SSSR count). The molecule has 2 N–H and O–H groups in total. The summed E-state index contributed by atoms with van der Waals surface area (Å²) in [5, 5.41) is 9.42. The molecule has 0 bridgehead atoms. The molecule has 13 heteroatoms. The Labute approximate surface area is 216 Å². The summed E-state index contributed by atoms with van der Waals surface area (Å²) in [5.41, 5.74) is 1.88. The zero-order valence-corrected chi connectivity index (χ0v) is 20.1. The summed E-state index contributed by atoms with van der Waals surface area (Å²) in [6.07, 6.45) is 5.18. The molecule has 0 aliphatic heterocycles. The number of rotatable bonds is 3. The summed E-state index contributed by atoms with van der Waals surface area (Å²) in [4.78, 5) is 35.8. The van der Waals surface area contributed by atoms with Crippen LogP contribution in [0.2, 0.25) is 0 Å². The van der Waals surface area contributed by atoms with Crippen LogP contribution in [-0.4, -0.2) is 39.3 Å². The fourth-order valence-electron chi connectivity index (χ4n) is 4.20. The van der Waals surface area contributed by atoms with E-state index < -0.39 is 23.0 Å². The number of aromatic amines is 2. The van der Waals surface area contributed by atoms with Crippen LogP contribution in [0.5, 0.6) is 0 Å². The fourth-order valence-corrected chi connectivity index (χ4v) is 4.20. The molecule has 0 amide bonds. The van der Waals surface area contributed by atoms with Gasteiger partial charge in [-0.05, 0) is 43.0 Å². The number of benzene rings is 1. The molecule has 0 spiro atoms. The van der Waals surface area contributed by atoms with Gasteiger partial charge in [0, 0.05) is 35.7 Å². The second-order valence-electron chi connectivity index (χ2n) is 8.96. The molecule has 0 saturated heterocycles. The normalized spacial score (nSPS) is 13.4. The summed E-state index contributed by atoms with van der Waals surface area (Å²) >= 11 is 0. The first kappa shape index (κ1) is 24.3. The van der Waals surface area contributed by atoms with E-state index in [1.165, 1.54) is 16.9 Å². The molecule has 0 atom stereocenters. The molecular formula is C26H19F3N8O2. The molecule has 0 unspecified atom stereocenters. The van der Waals surface area contributed by atoms with Gasteiger partial charge in [0.05, 0.1) is 28.5 Å². The van der Waals surface area contributed by atoms with Gasteiger partial charge in [-0.3, -0.25) is 9.78 Å². The molecule has 39 heavy (non-hydrogen) atoms. The van der Waals surface area contributed by atoms with Crippen LogP contribution < -0.4 is 11.2 Å². The Morgan fingerprint density at radius 2 is 1.82 bits per heavy atom. The Hall–Kier alpha value is -5.07. The number of halogens is 3. The lowest BCUT2D eigenvalue weighted by Crippen LogP contribution is -2.23. The van der Waals surface area contributed by atoms with Crippen LogP contribution in [0, 0.1) is 0 Å². The van der Waals surface area contributed by atoms with Gasteiger partial charge in [-0.2, -0.15) is 23.4 Å². The summed E-state index contributed by atoms with van der Waals surface area (Å²) in [6.45, 7) is 0. The van der Waals surface area contributed by atoms with Crippen LogP contribution in [0.1, 0.15) is 29.9 Å². The second-order valence-corrected chi connectivity index (χ2v) is 8.96. The number of nitrogens with zero attached hydrogens (tertiary/aromatic N) is 6. The van der Waals surface area contributed by atoms with E-state index in [9.17, 15) is 22.8 Å². The van der Waals surface area contributed by atoms with Crippen molar-refractivity contribution < 1.29 is 13.2 Å². The summed E-state index contributed by atoms with van der Waals surface area (Å²) in [7, 11) is 0. The number of H-pyrrole nitrogens is 2. The number of aromatic nitrogens is 8. The highest BCUT2D eigenvalue weighted by molar-refractivity contribution is 5.79. The highest BCUT2D eigenvalue weighted by Gasteiger charge is 2.31. The van der Waals surface area contributed by atoms with Crippen molar-refractivity contribution in [1.82, 2.24) is 39.3 Å². The minimum atomic E-state index is -4.38. The van der Waals surface area contributed by atoms with Crippen molar-refractivity contribution in [3.05, 3.63) is 105 Å². The highest BCUT2D eigenvalue weighted by atomic mass is 19.4. The van der Waals surface area contributed by atoms with Crippen LogP contribution in [0.15, 0.2) is 83.0 Å². The van der Waals surface area contributed by atoms with Gasteiger partial charge in [0.15, 0.2) is 11.5 Å². The van der Waals surface area contributed by atoms with Crippen molar-refractivity contribution in [2.45, 2.75) is 24.9 Å². The SMILES string of the molecule is FC(F)(F)c1ccc(-n2ncc3ccccc32)nc1.O=c1[nH]cc(-c2cc(C3CC3)c3nccn3n2)c(=O)[nH]1. The minimum Gasteiger partial charge on any atom is -0.313 e. The van der Waals surface area contributed by atoms with E-state index in [1.54, 1.807) is 23.1 Å². The summed E-state index contributed by atoms with van der Waals surface area (Å²) < 4.78 is 40.5. The molecule has 1 saturated carbocycles. The lowest BCUT2D eigenvalue weighted by Gasteiger charge is -2.07. The predicted molar refractivity (Wildman–Crippen MR) is 136 cm³/mol. The molecule has 1 aromatic carbocycles. The van der Waals surface area contributed by atoms with Crippen LogP contribution >= 0.6 is 0 Å². The van der Waals surface area contributed by atoms with Gasteiger partial charge < -0.3 is 4.98 Å².